The van der Waals surface area contributed by atoms with Gasteiger partial charge in [-0.3, -0.25) is 4.79 Å². The lowest BCUT2D eigenvalue weighted by atomic mass is 10.1. The van der Waals surface area contributed by atoms with E-state index >= 15 is 0 Å². The zero-order valence-corrected chi connectivity index (χ0v) is 6.31. The summed E-state index contributed by atoms with van der Waals surface area (Å²) in [6.45, 7) is 0.499. The lowest BCUT2D eigenvalue weighted by Gasteiger charge is -1.95. The van der Waals surface area contributed by atoms with Crippen molar-refractivity contribution in [3.05, 3.63) is 0 Å². The van der Waals surface area contributed by atoms with Crippen molar-refractivity contribution < 1.29 is 11.3 Å². The Morgan fingerprint density at radius 2 is 2.10 bits per heavy atom. The quantitative estimate of drug-likeness (QED) is 0.584. The molecule has 0 spiro atoms. The van der Waals surface area contributed by atoms with Gasteiger partial charge >= 0.3 is 5.97 Å². The van der Waals surface area contributed by atoms with E-state index in [0.717, 1.165) is 32.1 Å². The van der Waals surface area contributed by atoms with Crippen LogP contribution in [0.1, 0.15) is 46.8 Å². The molecular formula is C8H16O2. The third-order valence-corrected chi connectivity index (χ3v) is 1.39. The Hall–Kier alpha value is -0.530. The number of carboxylic acids is 1. The summed E-state index contributed by atoms with van der Waals surface area (Å²) >= 11 is 0. The second-order valence-electron chi connectivity index (χ2n) is 2.41. The average Bonchev–Trinajstić information content (AvgIpc) is 1.96. The second-order valence-corrected chi connectivity index (χ2v) is 2.41. The minimum atomic E-state index is -0.703. The Bertz CT molecular complexity index is 104. The number of hydrogen-bond acceptors (Lipinski definition) is 1. The molecule has 0 fully saturated rings. The Labute approximate surface area is 63.7 Å². The van der Waals surface area contributed by atoms with Gasteiger partial charge in [-0.05, 0) is 6.42 Å². The van der Waals surface area contributed by atoms with Crippen LogP contribution in [0.15, 0.2) is 0 Å². The molecule has 60 valence electrons. The van der Waals surface area contributed by atoms with Gasteiger partial charge in [-0.15, -0.1) is 0 Å². The third-order valence-electron chi connectivity index (χ3n) is 1.39. The zero-order chi connectivity index (χ0) is 8.53. The summed E-state index contributed by atoms with van der Waals surface area (Å²) in [4.78, 5) is 10.1. The number of carboxylic acid groups (broad SMARTS) is 1. The predicted octanol–water partition coefficient (Wildman–Crippen LogP) is 2.43. The van der Waals surface area contributed by atoms with Crippen LogP contribution >= 0.6 is 0 Å². The highest BCUT2D eigenvalue weighted by atomic mass is 16.4. The topological polar surface area (TPSA) is 37.3 Å². The van der Waals surface area contributed by atoms with Crippen molar-refractivity contribution in [2.24, 2.45) is 0 Å². The minimum absolute atomic E-state index is 0.293. The molecule has 0 amide bonds. The van der Waals surface area contributed by atoms with Crippen LogP contribution in [0.3, 0.4) is 0 Å². The first kappa shape index (κ1) is 7.58. The summed E-state index contributed by atoms with van der Waals surface area (Å²) in [5.74, 6) is -0.703. The fraction of sp³-hybridized carbons (Fsp3) is 0.875. The maximum atomic E-state index is 10.1. The molecule has 0 aliphatic rings. The van der Waals surface area contributed by atoms with Crippen LogP contribution in [-0.4, -0.2) is 11.1 Å². The van der Waals surface area contributed by atoms with Gasteiger partial charge in [-0.1, -0.05) is 32.6 Å². The van der Waals surface area contributed by atoms with Crippen LogP contribution in [-0.2, 0) is 4.79 Å². The van der Waals surface area contributed by atoms with E-state index in [9.17, 15) is 4.79 Å². The molecule has 0 rings (SSSR count). The number of rotatable bonds is 6. The second kappa shape index (κ2) is 6.59. The van der Waals surface area contributed by atoms with Crippen molar-refractivity contribution in [3.8, 4) is 0 Å². The normalized spacial score (nSPS) is 11.0. The maximum Gasteiger partial charge on any atom is 0.303 e. The van der Waals surface area contributed by atoms with Crippen molar-refractivity contribution >= 4 is 5.97 Å². The summed E-state index contributed by atoms with van der Waals surface area (Å²) in [6, 6.07) is 0. The third kappa shape index (κ3) is 7.47. The number of aliphatic carboxylic acids is 1. The summed E-state index contributed by atoms with van der Waals surface area (Å²) in [7, 11) is 0. The molecule has 0 bridgehead atoms. The molecule has 2 heteroatoms. The average molecular weight is 146 g/mol. The Balaban J connectivity index is 2.85. The van der Waals surface area contributed by atoms with Crippen LogP contribution in [0, 0.1) is 0 Å². The maximum absolute atomic E-state index is 10.1. The van der Waals surface area contributed by atoms with E-state index in [1.807, 2.05) is 0 Å². The first-order chi connectivity index (χ1) is 5.27. The Morgan fingerprint density at radius 1 is 1.40 bits per heavy atom. The predicted molar refractivity (Wildman–Crippen MR) is 41.0 cm³/mol. The van der Waals surface area contributed by atoms with Gasteiger partial charge in [0.25, 0.3) is 0 Å². The highest BCUT2D eigenvalue weighted by Gasteiger charge is 1.94. The molecule has 1 N–H and O–H groups in total. The van der Waals surface area contributed by atoms with Gasteiger partial charge in [0, 0.05) is 7.79 Å². The molecule has 0 aliphatic carbocycles. The van der Waals surface area contributed by atoms with E-state index in [4.69, 9.17) is 6.48 Å². The molecule has 0 aromatic rings. The lowest BCUT2D eigenvalue weighted by Crippen LogP contribution is -1.93. The van der Waals surface area contributed by atoms with Crippen molar-refractivity contribution in [3.63, 3.8) is 0 Å². The molecule has 0 atom stereocenters. The minimum Gasteiger partial charge on any atom is -0.481 e. The van der Waals surface area contributed by atoms with E-state index in [2.05, 4.69) is 0 Å². The number of carbonyl (C=O) groups is 1. The highest BCUT2D eigenvalue weighted by Crippen LogP contribution is 2.04. The van der Waals surface area contributed by atoms with Gasteiger partial charge in [-0.25, -0.2) is 0 Å². The molecule has 0 heterocycles. The Morgan fingerprint density at radius 3 is 2.70 bits per heavy atom. The summed E-state index contributed by atoms with van der Waals surface area (Å²) in [5, 5.41) is 8.29. The smallest absolute Gasteiger partial charge is 0.303 e. The van der Waals surface area contributed by atoms with Gasteiger partial charge in [0.2, 0.25) is 0 Å². The molecule has 0 unspecified atom stereocenters. The van der Waals surface area contributed by atoms with E-state index in [0.29, 0.717) is 13.3 Å². The SMILES string of the molecule is [3H]CCCCCCCC(=O)O. The zero-order valence-electron chi connectivity index (χ0n) is 7.31. The van der Waals surface area contributed by atoms with Gasteiger partial charge < -0.3 is 5.11 Å². The fourth-order valence-corrected chi connectivity index (χ4v) is 0.807. The fourth-order valence-electron chi connectivity index (χ4n) is 0.807. The number of hydrogen-bond donors (Lipinski definition) is 1. The molecule has 0 radical (unpaired) electrons. The van der Waals surface area contributed by atoms with E-state index in [1.165, 1.54) is 0 Å². The van der Waals surface area contributed by atoms with Crippen molar-refractivity contribution in [2.45, 2.75) is 45.4 Å². The molecule has 0 aromatic carbocycles. The lowest BCUT2D eigenvalue weighted by molar-refractivity contribution is -0.137. The summed E-state index contributed by atoms with van der Waals surface area (Å²) in [6.07, 6.45) is 5.17. The molecule has 0 saturated heterocycles. The Kier molecular flexibility index (Phi) is 4.99. The van der Waals surface area contributed by atoms with E-state index in [-0.39, 0.29) is 0 Å². The summed E-state index contributed by atoms with van der Waals surface area (Å²) in [5.41, 5.74) is 0. The molecule has 2 nitrogen and oxygen atoms in total. The van der Waals surface area contributed by atoms with Crippen molar-refractivity contribution in [2.75, 3.05) is 0 Å². The van der Waals surface area contributed by atoms with Crippen LogP contribution in [0.4, 0.5) is 0 Å². The van der Waals surface area contributed by atoms with Gasteiger partial charge in [-0.2, -0.15) is 0 Å². The van der Waals surface area contributed by atoms with Crippen molar-refractivity contribution in [1.29, 1.82) is 0 Å². The first-order valence-electron chi connectivity index (χ1n) is 4.49. The van der Waals surface area contributed by atoms with Gasteiger partial charge in [0.1, 0.15) is 0 Å². The standard InChI is InChI=1S/C8H16O2/c1-2-3-4-5-6-7-8(9)10/h2-7H2,1H3,(H,9,10)/i1T. The molecule has 0 aliphatic heterocycles. The van der Waals surface area contributed by atoms with Crippen LogP contribution in [0.25, 0.3) is 0 Å². The van der Waals surface area contributed by atoms with Crippen LogP contribution < -0.4 is 0 Å². The van der Waals surface area contributed by atoms with E-state index in [1.54, 1.807) is 0 Å². The van der Waals surface area contributed by atoms with Gasteiger partial charge in [0.05, 0.1) is 0 Å². The summed E-state index contributed by atoms with van der Waals surface area (Å²) < 4.78 is 6.86. The first-order valence-corrected chi connectivity index (χ1v) is 3.78. The van der Waals surface area contributed by atoms with Gasteiger partial charge in [0.15, 0.2) is 0 Å². The highest BCUT2D eigenvalue weighted by molar-refractivity contribution is 5.66. The van der Waals surface area contributed by atoms with Crippen molar-refractivity contribution in [1.82, 2.24) is 0 Å². The molecule has 0 aromatic heterocycles. The molecule has 0 saturated carbocycles. The van der Waals surface area contributed by atoms with E-state index < -0.39 is 5.97 Å². The molecule has 10 heavy (non-hydrogen) atoms. The van der Waals surface area contributed by atoms with Crippen LogP contribution in [0.2, 0.25) is 0 Å². The van der Waals surface area contributed by atoms with Crippen LogP contribution in [0.5, 0.6) is 0 Å². The largest absolute Gasteiger partial charge is 0.481 e. The molecular weight excluding hydrogens is 128 g/mol. The number of unbranched alkanes of at least 4 members (excludes halogenated alkanes) is 4. The monoisotopic (exact) mass is 146 g/mol.